The van der Waals surface area contributed by atoms with E-state index in [4.69, 9.17) is 11.6 Å². The average molecular weight is 240 g/mol. The van der Waals surface area contributed by atoms with Crippen molar-refractivity contribution in [3.63, 3.8) is 0 Å². The van der Waals surface area contributed by atoms with Gasteiger partial charge >= 0.3 is 0 Å². The SMILES string of the molecule is CC#CCC(NCC)c1ccc(F)cc1Cl. The van der Waals surface area contributed by atoms with Crippen LogP contribution in [0.5, 0.6) is 0 Å². The molecule has 16 heavy (non-hydrogen) atoms. The highest BCUT2D eigenvalue weighted by Crippen LogP contribution is 2.25. The molecule has 1 nitrogen and oxygen atoms in total. The zero-order chi connectivity index (χ0) is 12.0. The molecule has 0 fully saturated rings. The molecule has 1 unspecified atom stereocenters. The molecule has 1 aromatic rings. The summed E-state index contributed by atoms with van der Waals surface area (Å²) in [5.41, 5.74) is 0.896. The van der Waals surface area contributed by atoms with Crippen LogP contribution in [0, 0.1) is 17.7 Å². The van der Waals surface area contributed by atoms with Crippen LogP contribution in [0.2, 0.25) is 5.02 Å². The number of rotatable bonds is 4. The van der Waals surface area contributed by atoms with E-state index in [2.05, 4.69) is 17.2 Å². The Morgan fingerprint density at radius 3 is 2.81 bits per heavy atom. The normalized spacial score (nSPS) is 11.8. The van der Waals surface area contributed by atoms with Gasteiger partial charge in [0.1, 0.15) is 5.82 Å². The first-order valence-corrected chi connectivity index (χ1v) is 5.64. The topological polar surface area (TPSA) is 12.0 Å². The average Bonchev–Trinajstić information content (AvgIpc) is 2.25. The molecule has 0 bridgehead atoms. The van der Waals surface area contributed by atoms with E-state index in [1.165, 1.54) is 12.1 Å². The first kappa shape index (κ1) is 13.0. The number of nitrogens with one attached hydrogen (secondary N) is 1. The van der Waals surface area contributed by atoms with E-state index < -0.39 is 0 Å². The second-order valence-electron chi connectivity index (χ2n) is 3.41. The van der Waals surface area contributed by atoms with Gasteiger partial charge in [-0.05, 0) is 31.2 Å². The molecule has 1 rings (SSSR count). The molecule has 0 aliphatic carbocycles. The van der Waals surface area contributed by atoms with Crippen molar-refractivity contribution in [1.82, 2.24) is 5.32 Å². The van der Waals surface area contributed by atoms with Gasteiger partial charge in [0, 0.05) is 17.5 Å². The van der Waals surface area contributed by atoms with Gasteiger partial charge in [-0.25, -0.2) is 4.39 Å². The van der Waals surface area contributed by atoms with Gasteiger partial charge in [0.05, 0.1) is 0 Å². The lowest BCUT2D eigenvalue weighted by Gasteiger charge is -2.17. The summed E-state index contributed by atoms with van der Waals surface area (Å²) in [5, 5.41) is 3.73. The third kappa shape index (κ3) is 3.52. The fourth-order valence-corrected chi connectivity index (χ4v) is 1.83. The van der Waals surface area contributed by atoms with Gasteiger partial charge in [-0.1, -0.05) is 24.6 Å². The number of halogens is 2. The maximum absolute atomic E-state index is 12.9. The van der Waals surface area contributed by atoms with Crippen molar-refractivity contribution in [2.24, 2.45) is 0 Å². The van der Waals surface area contributed by atoms with Crippen LogP contribution < -0.4 is 5.32 Å². The predicted octanol–water partition coefficient (Wildman–Crippen LogP) is 3.54. The van der Waals surface area contributed by atoms with Crippen LogP contribution in [-0.2, 0) is 0 Å². The molecule has 1 atom stereocenters. The molecule has 0 radical (unpaired) electrons. The van der Waals surface area contributed by atoms with Crippen LogP contribution in [0.4, 0.5) is 4.39 Å². The largest absolute Gasteiger partial charge is 0.309 e. The van der Waals surface area contributed by atoms with Crippen LogP contribution in [0.15, 0.2) is 18.2 Å². The predicted molar refractivity (Wildman–Crippen MR) is 65.9 cm³/mol. The molecule has 86 valence electrons. The van der Waals surface area contributed by atoms with Crippen LogP contribution in [0.25, 0.3) is 0 Å². The molecule has 0 aromatic heterocycles. The molecule has 0 heterocycles. The summed E-state index contributed by atoms with van der Waals surface area (Å²) >= 11 is 6.01. The lowest BCUT2D eigenvalue weighted by molar-refractivity contribution is 0.562. The fourth-order valence-electron chi connectivity index (χ4n) is 1.53. The van der Waals surface area contributed by atoms with Crippen LogP contribution in [0.3, 0.4) is 0 Å². The highest BCUT2D eigenvalue weighted by Gasteiger charge is 2.12. The fraction of sp³-hybridized carbons (Fsp3) is 0.385. The zero-order valence-corrected chi connectivity index (χ0v) is 10.2. The van der Waals surface area contributed by atoms with E-state index >= 15 is 0 Å². The Balaban J connectivity index is 2.94. The van der Waals surface area contributed by atoms with E-state index in [0.717, 1.165) is 12.1 Å². The van der Waals surface area contributed by atoms with Crippen molar-refractivity contribution in [2.45, 2.75) is 26.3 Å². The quantitative estimate of drug-likeness (QED) is 0.793. The van der Waals surface area contributed by atoms with E-state index in [1.54, 1.807) is 13.0 Å². The summed E-state index contributed by atoms with van der Waals surface area (Å²) in [4.78, 5) is 0. The molecule has 1 N–H and O–H groups in total. The molecule has 0 amide bonds. The smallest absolute Gasteiger partial charge is 0.124 e. The van der Waals surface area contributed by atoms with Crippen LogP contribution in [0.1, 0.15) is 31.9 Å². The summed E-state index contributed by atoms with van der Waals surface area (Å²) in [7, 11) is 0. The highest BCUT2D eigenvalue weighted by molar-refractivity contribution is 6.31. The minimum Gasteiger partial charge on any atom is -0.309 e. The Morgan fingerprint density at radius 1 is 1.50 bits per heavy atom. The second kappa shape index (κ2) is 6.52. The maximum atomic E-state index is 12.9. The van der Waals surface area contributed by atoms with Crippen molar-refractivity contribution in [2.75, 3.05) is 6.54 Å². The first-order valence-electron chi connectivity index (χ1n) is 5.27. The second-order valence-corrected chi connectivity index (χ2v) is 3.81. The third-order valence-electron chi connectivity index (χ3n) is 2.27. The molecule has 0 aliphatic rings. The number of benzene rings is 1. The molecule has 0 aliphatic heterocycles. The Hall–Kier alpha value is -1.04. The molecule has 0 spiro atoms. The van der Waals surface area contributed by atoms with E-state index in [1.807, 2.05) is 6.92 Å². The van der Waals surface area contributed by atoms with Gasteiger partial charge in [0.2, 0.25) is 0 Å². The van der Waals surface area contributed by atoms with Gasteiger partial charge in [-0.2, -0.15) is 0 Å². The van der Waals surface area contributed by atoms with Gasteiger partial charge in [0.25, 0.3) is 0 Å². The summed E-state index contributed by atoms with van der Waals surface area (Å²) in [5.74, 6) is 5.54. The van der Waals surface area contributed by atoms with E-state index in [-0.39, 0.29) is 11.9 Å². The van der Waals surface area contributed by atoms with E-state index in [0.29, 0.717) is 11.4 Å². The number of hydrogen-bond donors (Lipinski definition) is 1. The van der Waals surface area contributed by atoms with Gasteiger partial charge < -0.3 is 5.32 Å². The summed E-state index contributed by atoms with van der Waals surface area (Å²) in [6.45, 7) is 4.64. The molecular weight excluding hydrogens is 225 g/mol. The Bertz CT molecular complexity index is 406. The minimum absolute atomic E-state index is 0.0607. The van der Waals surface area contributed by atoms with E-state index in [9.17, 15) is 4.39 Å². The van der Waals surface area contributed by atoms with Crippen LogP contribution >= 0.6 is 11.6 Å². The highest BCUT2D eigenvalue weighted by atomic mass is 35.5. The Kier molecular flexibility index (Phi) is 5.31. The molecule has 0 saturated carbocycles. The first-order chi connectivity index (χ1) is 7.69. The van der Waals surface area contributed by atoms with Crippen molar-refractivity contribution >= 4 is 11.6 Å². The van der Waals surface area contributed by atoms with Crippen molar-refractivity contribution < 1.29 is 4.39 Å². The monoisotopic (exact) mass is 239 g/mol. The van der Waals surface area contributed by atoms with Gasteiger partial charge in [-0.15, -0.1) is 11.8 Å². The Morgan fingerprint density at radius 2 is 2.25 bits per heavy atom. The summed E-state index contributed by atoms with van der Waals surface area (Å²) in [6.07, 6.45) is 0.676. The maximum Gasteiger partial charge on any atom is 0.124 e. The van der Waals surface area contributed by atoms with Gasteiger partial charge in [-0.3, -0.25) is 0 Å². The minimum atomic E-state index is -0.314. The zero-order valence-electron chi connectivity index (χ0n) is 9.48. The van der Waals surface area contributed by atoms with Gasteiger partial charge in [0.15, 0.2) is 0 Å². The van der Waals surface area contributed by atoms with Crippen molar-refractivity contribution in [3.8, 4) is 11.8 Å². The molecular formula is C13H15ClFN. The molecule has 0 saturated heterocycles. The lowest BCUT2D eigenvalue weighted by atomic mass is 10.0. The standard InChI is InChI=1S/C13H15ClFN/c1-3-5-6-13(16-4-2)11-8-7-10(15)9-12(11)14/h7-9,13,16H,4,6H2,1-2H3. The lowest BCUT2D eigenvalue weighted by Crippen LogP contribution is -2.20. The Labute approximate surface area is 101 Å². The summed E-state index contributed by atoms with van der Waals surface area (Å²) in [6, 6.07) is 4.53. The third-order valence-corrected chi connectivity index (χ3v) is 2.60. The van der Waals surface area contributed by atoms with Crippen molar-refractivity contribution in [1.29, 1.82) is 0 Å². The number of hydrogen-bond acceptors (Lipinski definition) is 1. The van der Waals surface area contributed by atoms with Crippen LogP contribution in [-0.4, -0.2) is 6.54 Å². The van der Waals surface area contributed by atoms with Crippen molar-refractivity contribution in [3.05, 3.63) is 34.6 Å². The molecule has 3 heteroatoms. The molecule has 1 aromatic carbocycles. The summed E-state index contributed by atoms with van der Waals surface area (Å²) < 4.78 is 12.9.